The highest BCUT2D eigenvalue weighted by molar-refractivity contribution is 8.09. The lowest BCUT2D eigenvalue weighted by Gasteiger charge is -2.16. The first-order valence-corrected chi connectivity index (χ1v) is 8.85. The first kappa shape index (κ1) is 16.9. The first-order chi connectivity index (χ1) is 11.7. The summed E-state index contributed by atoms with van der Waals surface area (Å²) in [6.45, 7) is 13.1. The van der Waals surface area contributed by atoms with Crippen LogP contribution in [0.25, 0.3) is 4.85 Å². The number of sulfone groups is 1. The van der Waals surface area contributed by atoms with Crippen molar-refractivity contribution < 1.29 is 13.2 Å². The number of fused-ring (bicyclic) bond motifs is 1. The van der Waals surface area contributed by atoms with Crippen LogP contribution in [0.15, 0.2) is 34.3 Å². The molecular weight excluding hydrogens is 342 g/mol. The maximum absolute atomic E-state index is 12.5. The first-order valence-electron chi connectivity index (χ1n) is 7.36. The molecule has 0 aliphatic carbocycles. The van der Waals surface area contributed by atoms with Crippen LogP contribution in [0.3, 0.4) is 0 Å². The Labute approximate surface area is 144 Å². The van der Waals surface area contributed by atoms with Crippen LogP contribution < -0.4 is 5.43 Å². The van der Waals surface area contributed by atoms with E-state index in [9.17, 15) is 13.2 Å². The number of carbonyl (C=O) groups excluding carboxylic acids is 1. The van der Waals surface area contributed by atoms with E-state index in [0.717, 1.165) is 0 Å². The fourth-order valence-electron chi connectivity index (χ4n) is 2.49. The third-order valence-electron chi connectivity index (χ3n) is 3.74. The van der Waals surface area contributed by atoms with Crippen LogP contribution >= 0.6 is 0 Å². The van der Waals surface area contributed by atoms with Crippen LogP contribution in [-0.4, -0.2) is 29.4 Å². The molecule has 0 amide bonds. The topological polar surface area (TPSA) is 109 Å². The quantitative estimate of drug-likeness (QED) is 0.634. The van der Waals surface area contributed by atoms with Crippen molar-refractivity contribution in [2.45, 2.75) is 31.1 Å². The minimum atomic E-state index is -3.98. The van der Waals surface area contributed by atoms with E-state index < -0.39 is 20.7 Å². The predicted molar refractivity (Wildman–Crippen MR) is 92.6 cm³/mol. The number of hydrogen-bond acceptors (Lipinski definition) is 6. The number of carbonyl (C=O) groups is 1. The van der Waals surface area contributed by atoms with Gasteiger partial charge in [-0.25, -0.2) is 13.3 Å². The Kier molecular flexibility index (Phi) is 3.73. The van der Waals surface area contributed by atoms with Crippen LogP contribution in [0, 0.1) is 6.57 Å². The molecule has 2 aromatic rings. The van der Waals surface area contributed by atoms with E-state index in [1.165, 1.54) is 12.1 Å². The Morgan fingerprint density at radius 2 is 1.96 bits per heavy atom. The average molecular weight is 357 g/mol. The predicted octanol–water partition coefficient (Wildman–Crippen LogP) is 2.65. The molecule has 1 aliphatic rings. The van der Waals surface area contributed by atoms with Crippen LogP contribution in [-0.2, 0) is 15.3 Å². The van der Waals surface area contributed by atoms with Gasteiger partial charge in [0.05, 0.1) is 11.5 Å². The maximum Gasteiger partial charge on any atom is 0.252 e. The Morgan fingerprint density at radius 1 is 1.28 bits per heavy atom. The lowest BCUT2D eigenvalue weighted by atomic mass is 9.91. The van der Waals surface area contributed by atoms with Crippen LogP contribution in [0.1, 0.15) is 36.8 Å². The molecule has 0 atom stereocenters. The van der Waals surface area contributed by atoms with Crippen molar-refractivity contribution >= 4 is 32.2 Å². The minimum Gasteiger partial charge on any atom is -0.292 e. The number of hydrogen-bond donors (Lipinski definition) is 2. The fourth-order valence-corrected chi connectivity index (χ4v) is 3.93. The molecule has 0 radical (unpaired) electrons. The van der Waals surface area contributed by atoms with E-state index in [1.54, 1.807) is 12.1 Å². The summed E-state index contributed by atoms with van der Waals surface area (Å²) in [6, 6.07) is 5.93. The van der Waals surface area contributed by atoms with E-state index in [0.29, 0.717) is 5.69 Å². The molecule has 0 spiro atoms. The Morgan fingerprint density at radius 3 is 2.56 bits per heavy atom. The molecule has 0 saturated carbocycles. The van der Waals surface area contributed by atoms with Gasteiger partial charge in [0, 0.05) is 11.3 Å². The number of hydrazone groups is 1. The third-order valence-corrected chi connectivity index (χ3v) is 5.46. The molecule has 0 fully saturated rings. The highest BCUT2D eigenvalue weighted by Crippen LogP contribution is 2.35. The summed E-state index contributed by atoms with van der Waals surface area (Å²) < 4.78 is 24.9. The van der Waals surface area contributed by atoms with Gasteiger partial charge in [0.25, 0.3) is 5.69 Å². The molecule has 0 bridgehead atoms. The fraction of sp³-hybridized carbons (Fsp3) is 0.250. The van der Waals surface area contributed by atoms with E-state index in [4.69, 9.17) is 6.57 Å². The van der Waals surface area contributed by atoms with Gasteiger partial charge in [-0.2, -0.15) is 10.2 Å². The molecule has 2 N–H and O–H groups in total. The number of rotatable bonds is 2. The van der Waals surface area contributed by atoms with Gasteiger partial charge in [0.15, 0.2) is 5.82 Å². The molecule has 25 heavy (non-hydrogen) atoms. The Hall–Kier alpha value is -2.99. The molecule has 2 heterocycles. The number of aromatic amines is 1. The van der Waals surface area contributed by atoms with E-state index >= 15 is 0 Å². The van der Waals surface area contributed by atoms with Crippen molar-refractivity contribution in [1.82, 2.24) is 10.2 Å². The van der Waals surface area contributed by atoms with Crippen molar-refractivity contribution in [3.05, 3.63) is 46.9 Å². The summed E-state index contributed by atoms with van der Waals surface area (Å²) >= 11 is 0. The smallest absolute Gasteiger partial charge is 0.252 e. The molecule has 8 nitrogen and oxygen atoms in total. The van der Waals surface area contributed by atoms with Crippen molar-refractivity contribution in [3.63, 3.8) is 0 Å². The van der Waals surface area contributed by atoms with Gasteiger partial charge in [-0.1, -0.05) is 32.9 Å². The number of benzene rings is 1. The molecule has 9 heteroatoms. The summed E-state index contributed by atoms with van der Waals surface area (Å²) in [5.41, 5.74) is 2.98. The summed E-state index contributed by atoms with van der Waals surface area (Å²) in [4.78, 5) is 15.7. The second-order valence-corrected chi connectivity index (χ2v) is 8.35. The van der Waals surface area contributed by atoms with E-state index in [-0.39, 0.29) is 27.4 Å². The average Bonchev–Trinajstić information content (AvgIpc) is 3.04. The van der Waals surface area contributed by atoms with Gasteiger partial charge in [0.1, 0.15) is 0 Å². The van der Waals surface area contributed by atoms with Gasteiger partial charge >= 0.3 is 0 Å². The number of nitrogens with one attached hydrogen (secondary N) is 2. The highest BCUT2D eigenvalue weighted by atomic mass is 32.2. The Bertz CT molecular complexity index is 1050. The van der Waals surface area contributed by atoms with Crippen LogP contribution in [0.5, 0.6) is 0 Å². The lowest BCUT2D eigenvalue weighted by molar-refractivity contribution is 0.106. The monoisotopic (exact) mass is 357 g/mol. The molecule has 0 saturated heterocycles. The second kappa shape index (κ2) is 5.53. The second-order valence-electron chi connectivity index (χ2n) is 6.52. The van der Waals surface area contributed by atoms with Gasteiger partial charge in [0.2, 0.25) is 20.7 Å². The zero-order valence-electron chi connectivity index (χ0n) is 13.8. The third kappa shape index (κ3) is 2.60. The normalized spacial score (nSPS) is 17.4. The molecule has 128 valence electrons. The number of Topliss-reactive ketones (excluding diaryl/α,β-unsaturated/α-hetero) is 1. The van der Waals surface area contributed by atoms with Crippen molar-refractivity contribution in [1.29, 1.82) is 0 Å². The SMILES string of the molecule is [C-]#[N+]c1c(N/N=C2\C(=O)c3ccccc3S2(=O)=O)n[nH]c1C(C)(C)C. The van der Waals surface area contributed by atoms with Gasteiger partial charge in [-0.05, 0) is 17.5 Å². The number of nitrogens with zero attached hydrogens (tertiary/aromatic N) is 3. The molecule has 0 unspecified atom stereocenters. The summed E-state index contributed by atoms with van der Waals surface area (Å²) in [6.07, 6.45) is 0. The lowest BCUT2D eigenvalue weighted by Crippen LogP contribution is -2.17. The standard InChI is InChI=1S/C16H15N5O3S/c1-16(2,3)13-11(17-4)14(19-18-13)20-21-15-12(22)9-7-5-6-8-10(9)25(15,23)24/h5-8H,1-3H3,(H2,18,19,20)/b21-15+. The summed E-state index contributed by atoms with van der Waals surface area (Å²) in [7, 11) is -3.98. The van der Waals surface area contributed by atoms with Crippen molar-refractivity contribution in [2.24, 2.45) is 5.10 Å². The molecular formula is C16H15N5O3S. The van der Waals surface area contributed by atoms with Gasteiger partial charge in [-0.3, -0.25) is 15.3 Å². The van der Waals surface area contributed by atoms with E-state index in [1.807, 2.05) is 20.8 Å². The number of ketones is 1. The largest absolute Gasteiger partial charge is 0.292 e. The highest BCUT2D eigenvalue weighted by Gasteiger charge is 2.41. The molecule has 1 aromatic heterocycles. The number of H-pyrrole nitrogens is 1. The molecule has 3 rings (SSSR count). The Balaban J connectivity index is 2.02. The number of anilines is 1. The van der Waals surface area contributed by atoms with Crippen LogP contribution in [0.2, 0.25) is 0 Å². The van der Waals surface area contributed by atoms with Crippen molar-refractivity contribution in [2.75, 3.05) is 5.43 Å². The van der Waals surface area contributed by atoms with Crippen molar-refractivity contribution in [3.8, 4) is 0 Å². The zero-order chi connectivity index (χ0) is 18.4. The molecule has 1 aromatic carbocycles. The summed E-state index contributed by atoms with van der Waals surface area (Å²) in [5, 5.41) is 9.88. The van der Waals surface area contributed by atoms with Crippen LogP contribution in [0.4, 0.5) is 11.5 Å². The maximum atomic E-state index is 12.5. The van der Waals surface area contributed by atoms with Gasteiger partial charge in [-0.15, -0.1) is 0 Å². The molecule has 1 aliphatic heterocycles. The number of aromatic nitrogens is 2. The van der Waals surface area contributed by atoms with Gasteiger partial charge < -0.3 is 0 Å². The summed E-state index contributed by atoms with van der Waals surface area (Å²) in [5.74, 6) is -0.606. The minimum absolute atomic E-state index is 0.0663. The van der Waals surface area contributed by atoms with E-state index in [2.05, 4.69) is 25.6 Å². The zero-order valence-corrected chi connectivity index (χ0v) is 14.6.